The van der Waals surface area contributed by atoms with Crippen LogP contribution in [0.25, 0.3) is 0 Å². The zero-order valence-electron chi connectivity index (χ0n) is 14.1. The number of esters is 1. The molecule has 2 aromatic rings. The number of rotatable bonds is 8. The van der Waals surface area contributed by atoms with Gasteiger partial charge < -0.3 is 20.3 Å². The van der Waals surface area contributed by atoms with Gasteiger partial charge in [-0.05, 0) is 51.3 Å². The highest BCUT2D eigenvalue weighted by molar-refractivity contribution is 5.89. The third-order valence-corrected chi connectivity index (χ3v) is 3.21. The Morgan fingerprint density at radius 2 is 2.00 bits per heavy atom. The van der Waals surface area contributed by atoms with E-state index in [1.165, 1.54) is 7.11 Å². The molecule has 0 atom stereocenters. The van der Waals surface area contributed by atoms with E-state index in [0.29, 0.717) is 17.3 Å². The van der Waals surface area contributed by atoms with Gasteiger partial charge in [0.25, 0.3) is 0 Å². The maximum atomic E-state index is 11.4. The van der Waals surface area contributed by atoms with E-state index in [4.69, 9.17) is 0 Å². The van der Waals surface area contributed by atoms with Gasteiger partial charge >= 0.3 is 5.97 Å². The molecule has 0 radical (unpaired) electrons. The van der Waals surface area contributed by atoms with E-state index in [9.17, 15) is 4.79 Å². The fraction of sp³-hybridized carbons (Fsp3) is 0.375. The van der Waals surface area contributed by atoms with Crippen LogP contribution in [0.3, 0.4) is 0 Å². The Balaban J connectivity index is 1.92. The summed E-state index contributed by atoms with van der Waals surface area (Å²) in [5.41, 5.74) is 1.24. The molecule has 128 valence electrons. The first kappa shape index (κ1) is 17.6. The van der Waals surface area contributed by atoms with Gasteiger partial charge in [0.1, 0.15) is 0 Å². The van der Waals surface area contributed by atoms with Crippen LogP contribution in [0, 0.1) is 0 Å². The van der Waals surface area contributed by atoms with Crippen LogP contribution in [0.1, 0.15) is 16.8 Å². The highest BCUT2D eigenvalue weighted by atomic mass is 16.5. The molecule has 0 saturated heterocycles. The minimum atomic E-state index is -0.372. The Hall–Kier alpha value is -2.74. The van der Waals surface area contributed by atoms with Crippen LogP contribution in [0.2, 0.25) is 0 Å². The number of benzene rings is 1. The van der Waals surface area contributed by atoms with Gasteiger partial charge in [0.05, 0.1) is 18.9 Å². The van der Waals surface area contributed by atoms with E-state index < -0.39 is 0 Å². The average Bonchev–Trinajstić information content (AvgIpc) is 2.59. The third-order valence-electron chi connectivity index (χ3n) is 3.21. The molecule has 0 aliphatic carbocycles. The van der Waals surface area contributed by atoms with Gasteiger partial charge in [-0.1, -0.05) is 0 Å². The molecule has 1 aromatic heterocycles. The van der Waals surface area contributed by atoms with E-state index in [1.807, 2.05) is 14.1 Å². The Labute approximate surface area is 141 Å². The standard InChI is InChI=1S/C16H22N6O2/c1-22(2)10-4-9-17-14-11-18-21-16(20-14)19-13-7-5-12(6-8-13)15(23)24-3/h5-8,11H,4,9-10H2,1-3H3,(H2,17,19,20,21). The molecule has 24 heavy (non-hydrogen) atoms. The molecule has 0 unspecified atom stereocenters. The molecule has 0 aliphatic rings. The number of hydrogen-bond donors (Lipinski definition) is 2. The average molecular weight is 330 g/mol. The van der Waals surface area contributed by atoms with Crippen molar-refractivity contribution in [3.8, 4) is 0 Å². The number of nitrogens with zero attached hydrogens (tertiary/aromatic N) is 4. The number of methoxy groups -OCH3 is 1. The summed E-state index contributed by atoms with van der Waals surface area (Å²) in [4.78, 5) is 17.9. The highest BCUT2D eigenvalue weighted by Crippen LogP contribution is 2.15. The number of carbonyl (C=O) groups excluding carboxylic acids is 1. The number of aromatic nitrogens is 3. The van der Waals surface area contributed by atoms with Crippen LogP contribution in [0.5, 0.6) is 0 Å². The van der Waals surface area contributed by atoms with Gasteiger partial charge in [0.15, 0.2) is 5.82 Å². The van der Waals surface area contributed by atoms with Crippen molar-refractivity contribution < 1.29 is 9.53 Å². The third kappa shape index (κ3) is 5.47. The molecule has 0 fully saturated rings. The molecule has 0 saturated carbocycles. The van der Waals surface area contributed by atoms with Crippen molar-refractivity contribution in [1.29, 1.82) is 0 Å². The van der Waals surface area contributed by atoms with Crippen LogP contribution < -0.4 is 10.6 Å². The van der Waals surface area contributed by atoms with Crippen molar-refractivity contribution in [3.63, 3.8) is 0 Å². The molecule has 0 amide bonds. The minimum Gasteiger partial charge on any atom is -0.465 e. The van der Waals surface area contributed by atoms with Crippen molar-refractivity contribution >= 4 is 23.4 Å². The summed E-state index contributed by atoms with van der Waals surface area (Å²) in [7, 11) is 5.44. The van der Waals surface area contributed by atoms with Crippen molar-refractivity contribution in [2.45, 2.75) is 6.42 Å². The molecule has 1 heterocycles. The molecule has 8 heteroatoms. The lowest BCUT2D eigenvalue weighted by molar-refractivity contribution is 0.0601. The summed E-state index contributed by atoms with van der Waals surface area (Å²) in [5.74, 6) is 0.680. The molecule has 2 rings (SSSR count). The van der Waals surface area contributed by atoms with Crippen LogP contribution >= 0.6 is 0 Å². The van der Waals surface area contributed by atoms with Crippen LogP contribution in [0.15, 0.2) is 30.5 Å². The zero-order chi connectivity index (χ0) is 17.4. The maximum Gasteiger partial charge on any atom is 0.337 e. The van der Waals surface area contributed by atoms with Crippen molar-refractivity contribution in [2.75, 3.05) is 44.9 Å². The van der Waals surface area contributed by atoms with Crippen molar-refractivity contribution in [2.24, 2.45) is 0 Å². The van der Waals surface area contributed by atoms with Gasteiger partial charge in [-0.2, -0.15) is 10.1 Å². The summed E-state index contributed by atoms with van der Waals surface area (Å²) in [6.07, 6.45) is 2.59. The largest absolute Gasteiger partial charge is 0.465 e. The summed E-state index contributed by atoms with van der Waals surface area (Å²) in [5, 5.41) is 14.2. The summed E-state index contributed by atoms with van der Waals surface area (Å²) in [6, 6.07) is 6.86. The second-order valence-corrected chi connectivity index (χ2v) is 5.44. The first-order chi connectivity index (χ1) is 11.6. The van der Waals surface area contributed by atoms with E-state index in [-0.39, 0.29) is 5.97 Å². The molecule has 1 aromatic carbocycles. The van der Waals surface area contributed by atoms with Crippen LogP contribution in [-0.4, -0.2) is 60.3 Å². The highest BCUT2D eigenvalue weighted by Gasteiger charge is 2.05. The van der Waals surface area contributed by atoms with Gasteiger partial charge in [-0.25, -0.2) is 4.79 Å². The van der Waals surface area contributed by atoms with Crippen molar-refractivity contribution in [1.82, 2.24) is 20.1 Å². The molecular formula is C16H22N6O2. The van der Waals surface area contributed by atoms with E-state index in [2.05, 4.69) is 35.5 Å². The minimum absolute atomic E-state index is 0.372. The van der Waals surface area contributed by atoms with Crippen LogP contribution in [0.4, 0.5) is 17.5 Å². The molecule has 2 N–H and O–H groups in total. The predicted molar refractivity (Wildman–Crippen MR) is 92.6 cm³/mol. The van der Waals surface area contributed by atoms with Crippen molar-refractivity contribution in [3.05, 3.63) is 36.0 Å². The van der Waals surface area contributed by atoms with E-state index in [1.54, 1.807) is 30.5 Å². The van der Waals surface area contributed by atoms with Gasteiger partial charge in [-0.15, -0.1) is 5.10 Å². The fourth-order valence-corrected chi connectivity index (χ4v) is 1.99. The lowest BCUT2D eigenvalue weighted by Crippen LogP contribution is -2.17. The number of ether oxygens (including phenoxy) is 1. The monoisotopic (exact) mass is 330 g/mol. The Morgan fingerprint density at radius 1 is 1.25 bits per heavy atom. The van der Waals surface area contributed by atoms with Gasteiger partial charge in [0.2, 0.25) is 5.95 Å². The first-order valence-corrected chi connectivity index (χ1v) is 7.62. The summed E-state index contributed by atoms with van der Waals surface area (Å²) >= 11 is 0. The number of carbonyl (C=O) groups is 1. The fourth-order valence-electron chi connectivity index (χ4n) is 1.99. The van der Waals surface area contributed by atoms with E-state index in [0.717, 1.165) is 25.2 Å². The van der Waals surface area contributed by atoms with Gasteiger partial charge in [-0.3, -0.25) is 0 Å². The topological polar surface area (TPSA) is 92.3 Å². The second-order valence-electron chi connectivity index (χ2n) is 5.44. The Kier molecular flexibility index (Phi) is 6.44. The maximum absolute atomic E-state index is 11.4. The quantitative estimate of drug-likeness (QED) is 0.559. The number of anilines is 3. The Bertz CT molecular complexity index is 660. The summed E-state index contributed by atoms with van der Waals surface area (Å²) in [6.45, 7) is 1.81. The summed E-state index contributed by atoms with van der Waals surface area (Å²) < 4.78 is 4.67. The zero-order valence-corrected chi connectivity index (χ0v) is 14.1. The molecule has 0 spiro atoms. The Morgan fingerprint density at radius 3 is 2.67 bits per heavy atom. The normalized spacial score (nSPS) is 10.5. The smallest absolute Gasteiger partial charge is 0.337 e. The number of nitrogens with one attached hydrogen (secondary N) is 2. The molecule has 8 nitrogen and oxygen atoms in total. The molecule has 0 bridgehead atoms. The second kappa shape index (κ2) is 8.78. The van der Waals surface area contributed by atoms with E-state index >= 15 is 0 Å². The predicted octanol–water partition coefficient (Wildman–Crippen LogP) is 1.77. The SMILES string of the molecule is COC(=O)c1ccc(Nc2nncc(NCCCN(C)C)n2)cc1. The number of hydrogen-bond acceptors (Lipinski definition) is 8. The van der Waals surface area contributed by atoms with Crippen LogP contribution in [-0.2, 0) is 4.74 Å². The lowest BCUT2D eigenvalue weighted by Gasteiger charge is -2.10. The first-order valence-electron chi connectivity index (χ1n) is 7.62. The lowest BCUT2D eigenvalue weighted by atomic mass is 10.2. The molecular weight excluding hydrogens is 308 g/mol. The van der Waals surface area contributed by atoms with Gasteiger partial charge in [0, 0.05) is 12.2 Å². The molecule has 0 aliphatic heterocycles.